The molecule has 0 aromatic carbocycles. The van der Waals surface area contributed by atoms with Crippen molar-refractivity contribution in [3.05, 3.63) is 0 Å². The summed E-state index contributed by atoms with van der Waals surface area (Å²) in [5, 5.41) is 17.6. The fourth-order valence-corrected chi connectivity index (χ4v) is 1.00. The number of hydrogen-bond donors (Lipinski definition) is 3. The molecule has 5 heteroatoms. The van der Waals surface area contributed by atoms with Crippen molar-refractivity contribution in [1.82, 2.24) is 3.53 Å². The van der Waals surface area contributed by atoms with Gasteiger partial charge in [0, 0.05) is 30.0 Å². The summed E-state index contributed by atoms with van der Waals surface area (Å²) in [4.78, 5) is 0. The normalized spacial score (nSPS) is 12.0. The Morgan fingerprint density at radius 3 is 2.10 bits per heavy atom. The van der Waals surface area contributed by atoms with Crippen LogP contribution in [0.4, 0.5) is 0 Å². The minimum atomic E-state index is -0.699. The summed E-state index contributed by atoms with van der Waals surface area (Å²) in [7, 11) is 1.52. The number of ether oxygens (including phenoxy) is 1. The summed E-state index contributed by atoms with van der Waals surface area (Å²) in [6, 6.07) is 0. The van der Waals surface area contributed by atoms with Gasteiger partial charge in [-0.15, -0.1) is 0 Å². The largest absolute Gasteiger partial charge is 0.394 e. The lowest BCUT2D eigenvalue weighted by Crippen LogP contribution is -2.50. The number of nitrogens with one attached hydrogen (secondary N) is 1. The zero-order valence-electron chi connectivity index (χ0n) is 5.80. The Kier molecular flexibility index (Phi) is 5.55. The van der Waals surface area contributed by atoms with Crippen LogP contribution in [0.15, 0.2) is 0 Å². The van der Waals surface area contributed by atoms with E-state index >= 15 is 0 Å². The molecule has 0 radical (unpaired) electrons. The molecule has 0 amide bonds. The third kappa shape index (κ3) is 2.67. The van der Waals surface area contributed by atoms with Gasteiger partial charge >= 0.3 is 0 Å². The van der Waals surface area contributed by atoms with Crippen molar-refractivity contribution in [3.8, 4) is 0 Å². The highest BCUT2D eigenvalue weighted by atomic mass is 127. The van der Waals surface area contributed by atoms with Crippen molar-refractivity contribution in [2.75, 3.05) is 26.9 Å². The molecule has 0 aromatic rings. The van der Waals surface area contributed by atoms with E-state index < -0.39 is 5.54 Å². The van der Waals surface area contributed by atoms with Gasteiger partial charge in [-0.1, -0.05) is 0 Å². The molecule has 0 aromatic heterocycles. The van der Waals surface area contributed by atoms with Crippen molar-refractivity contribution in [2.45, 2.75) is 5.54 Å². The van der Waals surface area contributed by atoms with Crippen LogP contribution in [0, 0.1) is 0 Å². The third-order valence-corrected chi connectivity index (χ3v) is 2.37. The predicted octanol–water partition coefficient (Wildman–Crippen LogP) is -0.704. The van der Waals surface area contributed by atoms with Gasteiger partial charge in [0.1, 0.15) is 0 Å². The van der Waals surface area contributed by atoms with Crippen molar-refractivity contribution in [2.24, 2.45) is 0 Å². The molecule has 0 aliphatic rings. The van der Waals surface area contributed by atoms with E-state index in [-0.39, 0.29) is 13.2 Å². The first-order chi connectivity index (χ1) is 4.74. The van der Waals surface area contributed by atoms with Crippen LogP contribution in [0.3, 0.4) is 0 Å². The van der Waals surface area contributed by atoms with Crippen LogP contribution >= 0.6 is 22.9 Å². The second-order valence-electron chi connectivity index (χ2n) is 2.12. The molecule has 0 aliphatic heterocycles. The van der Waals surface area contributed by atoms with E-state index in [1.807, 2.05) is 22.9 Å². The van der Waals surface area contributed by atoms with Crippen LogP contribution in [-0.4, -0.2) is 42.7 Å². The maximum atomic E-state index is 8.80. The van der Waals surface area contributed by atoms with E-state index in [1.54, 1.807) is 0 Å². The molecular formula is C5H12INO3. The van der Waals surface area contributed by atoms with Gasteiger partial charge in [0.2, 0.25) is 0 Å². The zero-order chi connectivity index (χ0) is 8.04. The molecule has 3 N–H and O–H groups in total. The molecule has 0 spiro atoms. The van der Waals surface area contributed by atoms with E-state index in [0.29, 0.717) is 6.61 Å². The van der Waals surface area contributed by atoms with Gasteiger partial charge in [0.25, 0.3) is 0 Å². The minimum absolute atomic E-state index is 0.139. The zero-order valence-corrected chi connectivity index (χ0v) is 7.96. The fraction of sp³-hybridized carbons (Fsp3) is 1.00. The second kappa shape index (κ2) is 5.25. The van der Waals surface area contributed by atoms with Crippen molar-refractivity contribution in [1.29, 1.82) is 0 Å². The predicted molar refractivity (Wildman–Crippen MR) is 45.9 cm³/mol. The fourth-order valence-electron chi connectivity index (χ4n) is 0.505. The first-order valence-corrected chi connectivity index (χ1v) is 3.91. The standard InChI is InChI=1S/C5H12INO3/c1-10-4-5(2-8,3-9)7-6/h7-9H,2-4H2,1H3. The molecule has 0 heterocycles. The first-order valence-electron chi connectivity index (χ1n) is 2.83. The van der Waals surface area contributed by atoms with Crippen LogP contribution in [-0.2, 0) is 4.74 Å². The van der Waals surface area contributed by atoms with Gasteiger partial charge < -0.3 is 14.9 Å². The van der Waals surface area contributed by atoms with Gasteiger partial charge in [0.05, 0.1) is 25.4 Å². The summed E-state index contributed by atoms with van der Waals surface area (Å²) >= 11 is 1.88. The SMILES string of the molecule is COCC(CO)(CO)NI. The van der Waals surface area contributed by atoms with Gasteiger partial charge in [0.15, 0.2) is 0 Å². The molecule has 0 saturated carbocycles. The van der Waals surface area contributed by atoms with Gasteiger partial charge in [-0.25, -0.2) is 3.53 Å². The Labute approximate surface area is 74.1 Å². The smallest absolute Gasteiger partial charge is 0.0966 e. The molecule has 0 fully saturated rings. The van der Waals surface area contributed by atoms with Gasteiger partial charge in [-0.2, -0.15) is 0 Å². The van der Waals surface area contributed by atoms with Crippen LogP contribution in [0.25, 0.3) is 0 Å². The Balaban J connectivity index is 3.87. The molecule has 10 heavy (non-hydrogen) atoms. The molecule has 0 atom stereocenters. The summed E-state index contributed by atoms with van der Waals surface area (Å²) in [5.74, 6) is 0. The van der Waals surface area contributed by atoms with Crippen LogP contribution < -0.4 is 3.53 Å². The number of rotatable bonds is 5. The maximum absolute atomic E-state index is 8.80. The van der Waals surface area contributed by atoms with Gasteiger partial charge in [-0.3, -0.25) is 0 Å². The number of methoxy groups -OCH3 is 1. The number of halogens is 1. The lowest BCUT2D eigenvalue weighted by Gasteiger charge is -2.26. The summed E-state index contributed by atoms with van der Waals surface area (Å²) in [6.45, 7) is 0.0174. The molecule has 0 unspecified atom stereocenters. The van der Waals surface area contributed by atoms with Crippen LogP contribution in [0.1, 0.15) is 0 Å². The third-order valence-electron chi connectivity index (χ3n) is 1.23. The van der Waals surface area contributed by atoms with E-state index in [2.05, 4.69) is 3.53 Å². The molecule has 0 bridgehead atoms. The van der Waals surface area contributed by atoms with E-state index in [9.17, 15) is 0 Å². The Morgan fingerprint density at radius 2 is 2.00 bits per heavy atom. The Hall–Kier alpha value is 0.570. The monoisotopic (exact) mass is 261 g/mol. The molecule has 0 saturated heterocycles. The summed E-state index contributed by atoms with van der Waals surface area (Å²) < 4.78 is 7.55. The first kappa shape index (κ1) is 10.6. The quantitative estimate of drug-likeness (QED) is 0.452. The van der Waals surface area contributed by atoms with Crippen LogP contribution in [0.5, 0.6) is 0 Å². The number of aliphatic hydroxyl groups excluding tert-OH is 2. The average molecular weight is 261 g/mol. The molecule has 0 rings (SSSR count). The summed E-state index contributed by atoms with van der Waals surface area (Å²) in [6.07, 6.45) is 0. The van der Waals surface area contributed by atoms with E-state index in [0.717, 1.165) is 0 Å². The van der Waals surface area contributed by atoms with Crippen LogP contribution in [0.2, 0.25) is 0 Å². The maximum Gasteiger partial charge on any atom is 0.0966 e. The Morgan fingerprint density at radius 1 is 1.50 bits per heavy atom. The lowest BCUT2D eigenvalue weighted by molar-refractivity contribution is 0.0416. The highest BCUT2D eigenvalue weighted by Crippen LogP contribution is 2.04. The van der Waals surface area contributed by atoms with Gasteiger partial charge in [-0.05, 0) is 0 Å². The van der Waals surface area contributed by atoms with E-state index in [4.69, 9.17) is 14.9 Å². The number of hydrogen-bond acceptors (Lipinski definition) is 4. The Bertz CT molecular complexity index is 78.7. The minimum Gasteiger partial charge on any atom is -0.394 e. The summed E-state index contributed by atoms with van der Waals surface area (Å²) in [5.41, 5.74) is -0.699. The lowest BCUT2D eigenvalue weighted by atomic mass is 10.1. The molecule has 4 nitrogen and oxygen atoms in total. The molecule has 62 valence electrons. The molecule has 0 aliphatic carbocycles. The highest BCUT2D eigenvalue weighted by molar-refractivity contribution is 14.1. The van der Waals surface area contributed by atoms with E-state index in [1.165, 1.54) is 7.11 Å². The number of aliphatic hydroxyl groups is 2. The van der Waals surface area contributed by atoms with Crippen molar-refractivity contribution in [3.63, 3.8) is 0 Å². The van der Waals surface area contributed by atoms with Crippen molar-refractivity contribution < 1.29 is 14.9 Å². The topological polar surface area (TPSA) is 61.7 Å². The van der Waals surface area contributed by atoms with Crippen molar-refractivity contribution >= 4 is 22.9 Å². The highest BCUT2D eigenvalue weighted by Gasteiger charge is 2.26. The average Bonchev–Trinajstić information content (AvgIpc) is 2.01. The second-order valence-corrected chi connectivity index (χ2v) is 2.66. The molecular weight excluding hydrogens is 249 g/mol.